The summed E-state index contributed by atoms with van der Waals surface area (Å²) < 4.78 is 28.6. The smallest absolute Gasteiger partial charge is 0.264 e. The molecule has 0 aliphatic carbocycles. The highest BCUT2D eigenvalue weighted by molar-refractivity contribution is 7.92. The number of hydrogen-bond acceptors (Lipinski definition) is 3. The number of benzene rings is 4. The largest absolute Gasteiger partial charge is 0.344 e. The van der Waals surface area contributed by atoms with Crippen molar-refractivity contribution >= 4 is 21.6 Å². The van der Waals surface area contributed by atoms with Crippen LogP contribution in [0.15, 0.2) is 108 Å². The fraction of sp³-hybridized carbons (Fsp3) is 0.167. The van der Waals surface area contributed by atoms with Crippen molar-refractivity contribution in [1.29, 1.82) is 0 Å². The van der Waals surface area contributed by atoms with Crippen molar-refractivity contribution in [3.63, 3.8) is 0 Å². The molecule has 0 saturated carbocycles. The van der Waals surface area contributed by atoms with Crippen LogP contribution in [0.3, 0.4) is 0 Å². The van der Waals surface area contributed by atoms with Crippen molar-refractivity contribution < 1.29 is 13.2 Å². The van der Waals surface area contributed by atoms with Crippen molar-refractivity contribution in [1.82, 2.24) is 5.32 Å². The van der Waals surface area contributed by atoms with Gasteiger partial charge < -0.3 is 5.32 Å². The predicted molar refractivity (Wildman–Crippen MR) is 144 cm³/mol. The molecular weight excluding hydrogens is 468 g/mol. The fourth-order valence-electron chi connectivity index (χ4n) is 4.36. The molecule has 0 heterocycles. The van der Waals surface area contributed by atoms with Crippen molar-refractivity contribution in [2.75, 3.05) is 10.8 Å². The third-order valence-electron chi connectivity index (χ3n) is 6.05. The first-order valence-corrected chi connectivity index (χ1v) is 13.3. The Bertz CT molecular complexity index is 1430. The van der Waals surface area contributed by atoms with Crippen LogP contribution in [0.2, 0.25) is 0 Å². The number of nitrogens with one attached hydrogen (secondary N) is 1. The molecule has 4 aromatic carbocycles. The molecule has 0 radical (unpaired) electrons. The zero-order valence-electron chi connectivity index (χ0n) is 20.7. The van der Waals surface area contributed by atoms with Crippen molar-refractivity contribution in [2.45, 2.75) is 31.7 Å². The van der Waals surface area contributed by atoms with E-state index in [1.165, 1.54) is 4.31 Å². The summed E-state index contributed by atoms with van der Waals surface area (Å²) in [4.78, 5) is 13.7. The minimum absolute atomic E-state index is 0.135. The molecule has 1 unspecified atom stereocenters. The highest BCUT2D eigenvalue weighted by Crippen LogP contribution is 2.28. The molecule has 0 fully saturated rings. The second-order valence-electron chi connectivity index (χ2n) is 8.94. The summed E-state index contributed by atoms with van der Waals surface area (Å²) in [6, 6.07) is 30.9. The van der Waals surface area contributed by atoms with Gasteiger partial charge in [-0.25, -0.2) is 8.42 Å². The Hall–Kier alpha value is -3.90. The normalized spacial score (nSPS) is 12.1. The first kappa shape index (κ1) is 25.2. The molecule has 6 heteroatoms. The summed E-state index contributed by atoms with van der Waals surface area (Å²) in [7, 11) is -3.98. The Morgan fingerprint density at radius 3 is 1.94 bits per heavy atom. The van der Waals surface area contributed by atoms with Crippen molar-refractivity contribution in [2.24, 2.45) is 0 Å². The summed E-state index contributed by atoms with van der Waals surface area (Å²) in [6.45, 7) is 5.47. The van der Waals surface area contributed by atoms with Crippen molar-refractivity contribution in [3.05, 3.63) is 131 Å². The second kappa shape index (κ2) is 10.8. The molecule has 184 valence electrons. The molecule has 0 bridgehead atoms. The SMILES string of the molecule is Cc1cc(C)cc(N(CC(=O)NC(c2ccccc2)c2ccccc2C)S(=O)(=O)c2ccccc2)c1. The van der Waals surface area contributed by atoms with E-state index in [-0.39, 0.29) is 11.4 Å². The van der Waals surface area contributed by atoms with Gasteiger partial charge in [0.25, 0.3) is 10.0 Å². The molecule has 0 aliphatic rings. The zero-order chi connectivity index (χ0) is 25.7. The number of carbonyl (C=O) groups excluding carboxylic acids is 1. The number of rotatable bonds is 8. The minimum atomic E-state index is -3.98. The van der Waals surface area contributed by atoms with Gasteiger partial charge in [0.15, 0.2) is 0 Å². The van der Waals surface area contributed by atoms with E-state index in [9.17, 15) is 13.2 Å². The van der Waals surface area contributed by atoms with Gasteiger partial charge in [-0.2, -0.15) is 0 Å². The van der Waals surface area contributed by atoms with Crippen LogP contribution in [0.25, 0.3) is 0 Å². The molecule has 0 aliphatic heterocycles. The van der Waals surface area contributed by atoms with Gasteiger partial charge in [0.2, 0.25) is 5.91 Å². The third-order valence-corrected chi connectivity index (χ3v) is 7.84. The Kier molecular flexibility index (Phi) is 7.55. The lowest BCUT2D eigenvalue weighted by molar-refractivity contribution is -0.120. The van der Waals surface area contributed by atoms with Crippen LogP contribution in [0.4, 0.5) is 5.69 Å². The van der Waals surface area contributed by atoms with E-state index < -0.39 is 22.0 Å². The summed E-state index contributed by atoms with van der Waals surface area (Å²) in [5.41, 5.74) is 5.21. The standard InChI is InChI=1S/C30H30N2O3S/c1-22-18-23(2)20-26(19-22)32(36(34,35)27-15-8-5-9-16-27)21-29(33)31-30(25-13-6-4-7-14-25)28-17-11-10-12-24(28)3/h4-20,30H,21H2,1-3H3,(H,31,33). The number of nitrogens with zero attached hydrogens (tertiary/aromatic N) is 1. The summed E-state index contributed by atoms with van der Waals surface area (Å²) in [5.74, 6) is -0.397. The molecule has 4 aromatic rings. The van der Waals surface area contributed by atoms with Gasteiger partial charge in [-0.3, -0.25) is 9.10 Å². The molecule has 0 spiro atoms. The Morgan fingerprint density at radius 2 is 1.33 bits per heavy atom. The quantitative estimate of drug-likeness (QED) is 0.338. The van der Waals surface area contributed by atoms with Crippen LogP contribution in [0.5, 0.6) is 0 Å². The van der Waals surface area contributed by atoms with Gasteiger partial charge >= 0.3 is 0 Å². The maximum Gasteiger partial charge on any atom is 0.264 e. The lowest BCUT2D eigenvalue weighted by atomic mass is 9.95. The summed E-state index contributed by atoms with van der Waals surface area (Å²) in [5, 5.41) is 3.10. The van der Waals surface area contributed by atoms with E-state index in [2.05, 4.69) is 5.32 Å². The lowest BCUT2D eigenvalue weighted by Gasteiger charge is -2.27. The first-order chi connectivity index (χ1) is 17.3. The van der Waals surface area contributed by atoms with Crippen LogP contribution < -0.4 is 9.62 Å². The average molecular weight is 499 g/mol. The van der Waals surface area contributed by atoms with Crippen LogP contribution in [-0.2, 0) is 14.8 Å². The number of hydrogen-bond donors (Lipinski definition) is 1. The number of sulfonamides is 1. The van der Waals surface area contributed by atoms with Crippen LogP contribution in [-0.4, -0.2) is 20.9 Å². The van der Waals surface area contributed by atoms with E-state index in [0.29, 0.717) is 5.69 Å². The van der Waals surface area contributed by atoms with Gasteiger partial charge in [-0.1, -0.05) is 78.9 Å². The Balaban J connectivity index is 1.72. The second-order valence-corrected chi connectivity index (χ2v) is 10.8. The lowest BCUT2D eigenvalue weighted by Crippen LogP contribution is -2.42. The van der Waals surface area contributed by atoms with E-state index in [4.69, 9.17) is 0 Å². The van der Waals surface area contributed by atoms with E-state index in [1.807, 2.05) is 81.4 Å². The Labute approximate surface area is 213 Å². The molecule has 1 amide bonds. The van der Waals surface area contributed by atoms with Gasteiger partial charge in [0.1, 0.15) is 6.54 Å². The number of carbonyl (C=O) groups is 1. The molecule has 1 N–H and O–H groups in total. The van der Waals surface area contributed by atoms with Gasteiger partial charge in [-0.05, 0) is 72.9 Å². The highest BCUT2D eigenvalue weighted by Gasteiger charge is 2.29. The van der Waals surface area contributed by atoms with E-state index in [1.54, 1.807) is 42.5 Å². The molecule has 5 nitrogen and oxygen atoms in total. The number of aryl methyl sites for hydroxylation is 3. The molecule has 4 rings (SSSR count). The highest BCUT2D eigenvalue weighted by atomic mass is 32.2. The maximum absolute atomic E-state index is 13.7. The zero-order valence-corrected chi connectivity index (χ0v) is 21.5. The monoisotopic (exact) mass is 498 g/mol. The molecular formula is C30H30N2O3S. The van der Waals surface area contributed by atoms with Gasteiger partial charge in [0.05, 0.1) is 16.6 Å². The van der Waals surface area contributed by atoms with Crippen LogP contribution in [0, 0.1) is 20.8 Å². The maximum atomic E-state index is 13.7. The van der Waals surface area contributed by atoms with E-state index in [0.717, 1.165) is 27.8 Å². The van der Waals surface area contributed by atoms with Crippen LogP contribution in [0.1, 0.15) is 33.9 Å². The number of anilines is 1. The summed E-state index contributed by atoms with van der Waals surface area (Å²) in [6.07, 6.45) is 0. The first-order valence-electron chi connectivity index (χ1n) is 11.8. The predicted octanol–water partition coefficient (Wildman–Crippen LogP) is 5.71. The summed E-state index contributed by atoms with van der Waals surface area (Å²) >= 11 is 0. The molecule has 0 saturated heterocycles. The van der Waals surface area contributed by atoms with Crippen LogP contribution >= 0.6 is 0 Å². The van der Waals surface area contributed by atoms with E-state index >= 15 is 0 Å². The number of amides is 1. The van der Waals surface area contributed by atoms with Gasteiger partial charge in [0, 0.05) is 0 Å². The van der Waals surface area contributed by atoms with Crippen molar-refractivity contribution in [3.8, 4) is 0 Å². The molecule has 0 aromatic heterocycles. The van der Waals surface area contributed by atoms with Gasteiger partial charge in [-0.15, -0.1) is 0 Å². The minimum Gasteiger partial charge on any atom is -0.344 e. The fourth-order valence-corrected chi connectivity index (χ4v) is 5.79. The third kappa shape index (κ3) is 5.66. The molecule has 1 atom stereocenters. The Morgan fingerprint density at radius 1 is 0.778 bits per heavy atom. The molecule has 36 heavy (non-hydrogen) atoms. The topological polar surface area (TPSA) is 66.5 Å². The average Bonchev–Trinajstić information content (AvgIpc) is 2.87.